The molecule has 2 heterocycles. The molecule has 0 saturated carbocycles. The predicted octanol–water partition coefficient (Wildman–Crippen LogP) is 4.32. The topological polar surface area (TPSA) is 70.1 Å². The normalized spacial score (nSPS) is 17.4. The zero-order chi connectivity index (χ0) is 25.1. The van der Waals surface area contributed by atoms with Crippen molar-refractivity contribution in [2.45, 2.75) is 25.4 Å². The van der Waals surface area contributed by atoms with Crippen molar-refractivity contribution in [3.05, 3.63) is 90.0 Å². The quantitative estimate of drug-likeness (QED) is 0.362. The Bertz CT molecular complexity index is 1230. The summed E-state index contributed by atoms with van der Waals surface area (Å²) in [4.78, 5) is 30.1. The third kappa shape index (κ3) is 4.92. The summed E-state index contributed by atoms with van der Waals surface area (Å²) in [7, 11) is 0. The van der Waals surface area contributed by atoms with Gasteiger partial charge in [0.1, 0.15) is 18.5 Å². The van der Waals surface area contributed by atoms with E-state index in [0.29, 0.717) is 24.2 Å². The van der Waals surface area contributed by atoms with Gasteiger partial charge in [0.25, 0.3) is 11.8 Å². The van der Waals surface area contributed by atoms with Gasteiger partial charge in [-0.05, 0) is 67.4 Å². The van der Waals surface area contributed by atoms with Gasteiger partial charge < -0.3 is 14.7 Å². The van der Waals surface area contributed by atoms with Gasteiger partial charge in [0, 0.05) is 29.6 Å². The summed E-state index contributed by atoms with van der Waals surface area (Å²) in [6, 6.07) is 19.1. The van der Waals surface area contributed by atoms with Crippen molar-refractivity contribution in [3.63, 3.8) is 0 Å². The molecule has 2 aliphatic heterocycles. The smallest absolute Gasteiger partial charge is 0.261 e. The van der Waals surface area contributed by atoms with Crippen molar-refractivity contribution < 1.29 is 19.4 Å². The molecule has 36 heavy (non-hydrogen) atoms. The fourth-order valence-corrected chi connectivity index (χ4v) is 5.36. The van der Waals surface area contributed by atoms with Gasteiger partial charge in [-0.1, -0.05) is 48.5 Å². The molecule has 0 spiro atoms. The lowest BCUT2D eigenvalue weighted by atomic mass is 9.91. The Morgan fingerprint density at radius 1 is 0.972 bits per heavy atom. The lowest BCUT2D eigenvalue weighted by Crippen LogP contribution is -2.46. The van der Waals surface area contributed by atoms with Crippen LogP contribution in [0.4, 0.5) is 0 Å². The van der Waals surface area contributed by atoms with Gasteiger partial charge in [-0.15, -0.1) is 6.58 Å². The van der Waals surface area contributed by atoms with Crippen molar-refractivity contribution in [2.75, 3.05) is 32.8 Å². The van der Waals surface area contributed by atoms with E-state index in [-0.39, 0.29) is 24.3 Å². The van der Waals surface area contributed by atoms with E-state index >= 15 is 0 Å². The number of aliphatic hydroxyl groups is 1. The van der Waals surface area contributed by atoms with Crippen LogP contribution in [-0.4, -0.2) is 65.6 Å². The average Bonchev–Trinajstić information content (AvgIpc) is 2.90. The highest BCUT2D eigenvalue weighted by molar-refractivity contribution is 6.25. The maximum absolute atomic E-state index is 13.2. The molecule has 3 aromatic carbocycles. The van der Waals surface area contributed by atoms with Crippen molar-refractivity contribution in [3.8, 4) is 5.75 Å². The zero-order valence-corrected chi connectivity index (χ0v) is 20.4. The molecule has 0 radical (unpaired) electrons. The van der Waals surface area contributed by atoms with Crippen molar-refractivity contribution in [1.29, 1.82) is 0 Å². The number of aliphatic hydroxyl groups excluding tert-OH is 1. The van der Waals surface area contributed by atoms with Crippen LogP contribution >= 0.6 is 0 Å². The number of nitrogens with zero attached hydrogens (tertiary/aromatic N) is 2. The van der Waals surface area contributed by atoms with Crippen LogP contribution in [0.25, 0.3) is 10.8 Å². The lowest BCUT2D eigenvalue weighted by Gasteiger charge is -2.36. The Morgan fingerprint density at radius 3 is 2.31 bits per heavy atom. The van der Waals surface area contributed by atoms with Gasteiger partial charge in [0.2, 0.25) is 0 Å². The molecule has 2 aliphatic rings. The number of allylic oxidation sites excluding steroid dienone is 1. The number of para-hydroxylation sites is 1. The van der Waals surface area contributed by atoms with Gasteiger partial charge in [-0.2, -0.15) is 0 Å². The molecule has 1 fully saturated rings. The molecule has 0 aromatic heterocycles. The van der Waals surface area contributed by atoms with E-state index < -0.39 is 6.10 Å². The third-order valence-corrected chi connectivity index (χ3v) is 7.24. The Kier molecular flexibility index (Phi) is 7.16. The number of amides is 2. The van der Waals surface area contributed by atoms with Crippen LogP contribution in [0.15, 0.2) is 73.3 Å². The third-order valence-electron chi connectivity index (χ3n) is 7.24. The Balaban J connectivity index is 1.13. The Morgan fingerprint density at radius 2 is 1.64 bits per heavy atom. The van der Waals surface area contributed by atoms with Crippen LogP contribution in [0.2, 0.25) is 0 Å². The molecule has 1 N–H and O–H groups in total. The fraction of sp³-hybridized carbons (Fsp3) is 0.333. The highest BCUT2D eigenvalue weighted by Crippen LogP contribution is 2.31. The number of likely N-dealkylation sites (tertiary alicyclic amines) is 1. The van der Waals surface area contributed by atoms with E-state index in [1.165, 1.54) is 4.90 Å². The minimum Gasteiger partial charge on any atom is -0.491 e. The average molecular weight is 485 g/mol. The van der Waals surface area contributed by atoms with Crippen LogP contribution in [0.1, 0.15) is 39.1 Å². The maximum Gasteiger partial charge on any atom is 0.261 e. The molecule has 3 aromatic rings. The highest BCUT2D eigenvalue weighted by Gasteiger charge is 2.34. The molecule has 2 amide bonds. The van der Waals surface area contributed by atoms with Crippen LogP contribution in [0.5, 0.6) is 5.75 Å². The number of imide groups is 1. The molecule has 0 unspecified atom stereocenters. The predicted molar refractivity (Wildman–Crippen MR) is 140 cm³/mol. The molecule has 1 saturated heterocycles. The van der Waals surface area contributed by atoms with Gasteiger partial charge in [-0.25, -0.2) is 0 Å². The first-order chi connectivity index (χ1) is 17.5. The summed E-state index contributed by atoms with van der Waals surface area (Å²) in [6.45, 7) is 6.62. The largest absolute Gasteiger partial charge is 0.491 e. The summed E-state index contributed by atoms with van der Waals surface area (Å²) in [5.41, 5.74) is 2.28. The number of rotatable bonds is 9. The van der Waals surface area contributed by atoms with Crippen LogP contribution in [0.3, 0.4) is 0 Å². The number of benzene rings is 3. The molecular formula is C30H32N2O4. The highest BCUT2D eigenvalue weighted by atomic mass is 16.5. The fourth-order valence-electron chi connectivity index (χ4n) is 5.36. The van der Waals surface area contributed by atoms with E-state index in [9.17, 15) is 14.7 Å². The van der Waals surface area contributed by atoms with E-state index in [1.54, 1.807) is 0 Å². The second kappa shape index (κ2) is 10.6. The zero-order valence-electron chi connectivity index (χ0n) is 20.4. The molecule has 0 aliphatic carbocycles. The first kappa shape index (κ1) is 24.2. The van der Waals surface area contributed by atoms with Crippen LogP contribution < -0.4 is 4.74 Å². The minimum absolute atomic E-state index is 0.198. The number of hydrogen-bond donors (Lipinski definition) is 1. The molecule has 6 heteroatoms. The molecule has 1 atom stereocenters. The van der Waals surface area contributed by atoms with Crippen molar-refractivity contribution in [2.24, 2.45) is 5.92 Å². The summed E-state index contributed by atoms with van der Waals surface area (Å²) < 4.78 is 5.88. The second-order valence-corrected chi connectivity index (χ2v) is 9.74. The molecule has 186 valence electrons. The van der Waals surface area contributed by atoms with Gasteiger partial charge >= 0.3 is 0 Å². The lowest BCUT2D eigenvalue weighted by molar-refractivity contribution is 0.0452. The Hall–Kier alpha value is -3.48. The maximum atomic E-state index is 13.2. The minimum atomic E-state index is -0.597. The number of carbonyl (C=O) groups excluding carboxylic acids is 2. The number of hydrogen-bond acceptors (Lipinski definition) is 5. The summed E-state index contributed by atoms with van der Waals surface area (Å²) in [6.07, 6.45) is 3.72. The SMILES string of the molecule is C=CCc1ccccc1OC[C@H](O)CN1CCC(CN2C(=O)c3cccc4cccc(c34)C2=O)CC1. The van der Waals surface area contributed by atoms with Crippen LogP contribution in [0, 0.1) is 5.92 Å². The van der Waals surface area contributed by atoms with E-state index in [1.807, 2.05) is 66.7 Å². The van der Waals surface area contributed by atoms with E-state index in [0.717, 1.165) is 54.4 Å². The molecule has 5 rings (SSSR count). The summed E-state index contributed by atoms with van der Waals surface area (Å²) in [5.74, 6) is 0.633. The van der Waals surface area contributed by atoms with Gasteiger partial charge in [-0.3, -0.25) is 14.5 Å². The summed E-state index contributed by atoms with van der Waals surface area (Å²) >= 11 is 0. The van der Waals surface area contributed by atoms with E-state index in [4.69, 9.17) is 4.74 Å². The van der Waals surface area contributed by atoms with Crippen molar-refractivity contribution in [1.82, 2.24) is 9.80 Å². The van der Waals surface area contributed by atoms with Crippen LogP contribution in [-0.2, 0) is 6.42 Å². The van der Waals surface area contributed by atoms with E-state index in [2.05, 4.69) is 11.5 Å². The number of piperidine rings is 1. The summed E-state index contributed by atoms with van der Waals surface area (Å²) in [5, 5.41) is 12.3. The monoisotopic (exact) mass is 484 g/mol. The van der Waals surface area contributed by atoms with Gasteiger partial charge in [0.05, 0.1) is 0 Å². The first-order valence-electron chi connectivity index (χ1n) is 12.6. The Labute approximate surface area is 211 Å². The second-order valence-electron chi connectivity index (χ2n) is 9.74. The molecule has 0 bridgehead atoms. The number of ether oxygens (including phenoxy) is 1. The molecular weight excluding hydrogens is 452 g/mol. The number of carbonyl (C=O) groups is 2. The van der Waals surface area contributed by atoms with Gasteiger partial charge in [0.15, 0.2) is 0 Å². The standard InChI is InChI=1S/C30H32N2O4/c1-2-7-22-8-3-4-13-27(22)36-20-24(33)19-31-16-14-21(15-17-31)18-32-29(34)25-11-5-9-23-10-6-12-26(28(23)25)30(32)35/h2-6,8-13,21,24,33H,1,7,14-20H2/t24-/m1/s1. The first-order valence-corrected chi connectivity index (χ1v) is 12.6. The number of β-amino-alcohol motifs (C(OH)–C–C–N with tert-alkyl or cyclic N) is 1. The molecule has 6 nitrogen and oxygen atoms in total. The van der Waals surface area contributed by atoms with Crippen molar-refractivity contribution >= 4 is 22.6 Å².